The van der Waals surface area contributed by atoms with Gasteiger partial charge in [0.15, 0.2) is 0 Å². The summed E-state index contributed by atoms with van der Waals surface area (Å²) in [5.74, 6) is 0.263. The summed E-state index contributed by atoms with van der Waals surface area (Å²) >= 11 is 1.24. The number of rotatable bonds is 5. The minimum atomic E-state index is -0.262. The molecule has 0 aromatic carbocycles. The van der Waals surface area contributed by atoms with Gasteiger partial charge in [0, 0.05) is 12.7 Å². The highest BCUT2D eigenvalue weighted by molar-refractivity contribution is 7.20. The number of nitrogens with one attached hydrogen (secondary N) is 1. The molecule has 0 radical (unpaired) electrons. The number of aryl methyl sites for hydroxylation is 3. The molecule has 0 atom stereocenters. The van der Waals surface area contributed by atoms with E-state index in [9.17, 15) is 9.59 Å². The summed E-state index contributed by atoms with van der Waals surface area (Å²) in [5, 5.41) is 3.35. The van der Waals surface area contributed by atoms with Gasteiger partial charge in [-0.2, -0.15) is 0 Å². The Morgan fingerprint density at radius 2 is 2.12 bits per heavy atom. The van der Waals surface area contributed by atoms with Crippen LogP contribution in [-0.2, 0) is 6.54 Å². The Morgan fingerprint density at radius 3 is 2.84 bits per heavy atom. The van der Waals surface area contributed by atoms with Crippen molar-refractivity contribution in [1.29, 1.82) is 0 Å². The monoisotopic (exact) mass is 356 g/mol. The van der Waals surface area contributed by atoms with Crippen LogP contribution < -0.4 is 10.9 Å². The van der Waals surface area contributed by atoms with E-state index in [1.807, 2.05) is 19.1 Å². The van der Waals surface area contributed by atoms with Gasteiger partial charge in [-0.25, -0.2) is 9.97 Å². The lowest BCUT2D eigenvalue weighted by Gasteiger charge is -2.06. The first-order chi connectivity index (χ1) is 12.0. The Kier molecular flexibility index (Phi) is 4.94. The standard InChI is InChI=1S/C18H20N4O2S/c1-4-5-9-22-10-20-17-13(18(22)24)12(3)14(25-17)16(23)21-15-11(2)7-6-8-19-15/h6-8,10H,4-5,9H2,1-3H3,(H,19,21,23). The van der Waals surface area contributed by atoms with E-state index in [1.54, 1.807) is 24.0 Å². The topological polar surface area (TPSA) is 76.9 Å². The van der Waals surface area contributed by atoms with Crippen LogP contribution in [0.3, 0.4) is 0 Å². The van der Waals surface area contributed by atoms with Gasteiger partial charge in [-0.05, 0) is 37.5 Å². The second kappa shape index (κ2) is 7.14. The molecular weight excluding hydrogens is 336 g/mol. The van der Waals surface area contributed by atoms with Gasteiger partial charge in [-0.15, -0.1) is 11.3 Å². The number of nitrogens with zero attached hydrogens (tertiary/aromatic N) is 3. The van der Waals surface area contributed by atoms with Crippen LogP contribution in [0.1, 0.15) is 40.6 Å². The molecule has 0 fully saturated rings. The molecule has 6 nitrogen and oxygen atoms in total. The molecule has 0 unspecified atom stereocenters. The number of thiophene rings is 1. The van der Waals surface area contributed by atoms with Gasteiger partial charge in [0.2, 0.25) is 0 Å². The molecule has 25 heavy (non-hydrogen) atoms. The van der Waals surface area contributed by atoms with E-state index in [-0.39, 0.29) is 11.5 Å². The third-order valence-electron chi connectivity index (χ3n) is 4.12. The van der Waals surface area contributed by atoms with Crippen molar-refractivity contribution in [3.63, 3.8) is 0 Å². The fraction of sp³-hybridized carbons (Fsp3) is 0.333. The molecule has 3 aromatic heterocycles. The van der Waals surface area contributed by atoms with E-state index in [0.29, 0.717) is 33.0 Å². The van der Waals surface area contributed by atoms with Crippen LogP contribution in [0.4, 0.5) is 5.82 Å². The Bertz CT molecular complexity index is 990. The summed E-state index contributed by atoms with van der Waals surface area (Å²) in [4.78, 5) is 35.0. The summed E-state index contributed by atoms with van der Waals surface area (Å²) in [6.07, 6.45) is 5.13. The van der Waals surface area contributed by atoms with Crippen molar-refractivity contribution in [2.24, 2.45) is 0 Å². The molecule has 3 heterocycles. The van der Waals surface area contributed by atoms with E-state index < -0.39 is 0 Å². The number of carbonyl (C=O) groups excluding carboxylic acids is 1. The van der Waals surface area contributed by atoms with Crippen molar-refractivity contribution in [3.05, 3.63) is 51.0 Å². The zero-order valence-corrected chi connectivity index (χ0v) is 15.3. The summed E-state index contributed by atoms with van der Waals surface area (Å²) in [7, 11) is 0. The van der Waals surface area contributed by atoms with Crippen molar-refractivity contribution >= 4 is 33.3 Å². The van der Waals surface area contributed by atoms with Crippen molar-refractivity contribution in [2.75, 3.05) is 5.32 Å². The van der Waals surface area contributed by atoms with Gasteiger partial charge in [0.05, 0.1) is 16.6 Å². The number of fused-ring (bicyclic) bond motifs is 1. The molecule has 1 amide bonds. The minimum Gasteiger partial charge on any atom is -0.306 e. The first-order valence-electron chi connectivity index (χ1n) is 8.24. The highest BCUT2D eigenvalue weighted by atomic mass is 32.1. The largest absolute Gasteiger partial charge is 0.306 e. The maximum absolute atomic E-state index is 12.7. The van der Waals surface area contributed by atoms with Crippen LogP contribution >= 0.6 is 11.3 Å². The molecule has 3 rings (SSSR count). The molecule has 130 valence electrons. The summed E-state index contributed by atoms with van der Waals surface area (Å²) < 4.78 is 1.62. The van der Waals surface area contributed by atoms with Gasteiger partial charge in [-0.3, -0.25) is 14.2 Å². The lowest BCUT2D eigenvalue weighted by atomic mass is 10.2. The molecule has 0 aliphatic rings. The van der Waals surface area contributed by atoms with Crippen LogP contribution in [0.25, 0.3) is 10.2 Å². The van der Waals surface area contributed by atoms with Crippen molar-refractivity contribution in [2.45, 2.75) is 40.2 Å². The Balaban J connectivity index is 1.99. The number of hydrogen-bond acceptors (Lipinski definition) is 5. The summed E-state index contributed by atoms with van der Waals surface area (Å²) in [5.41, 5.74) is 1.48. The third-order valence-corrected chi connectivity index (χ3v) is 5.32. The van der Waals surface area contributed by atoms with Crippen molar-refractivity contribution < 1.29 is 4.79 Å². The van der Waals surface area contributed by atoms with Gasteiger partial charge in [-0.1, -0.05) is 19.4 Å². The number of unbranched alkanes of at least 4 members (excludes halogenated alkanes) is 1. The number of hydrogen-bond donors (Lipinski definition) is 1. The van der Waals surface area contributed by atoms with Crippen molar-refractivity contribution in [1.82, 2.24) is 14.5 Å². The summed E-state index contributed by atoms with van der Waals surface area (Å²) in [6, 6.07) is 3.70. The lowest BCUT2D eigenvalue weighted by Crippen LogP contribution is -2.20. The lowest BCUT2D eigenvalue weighted by molar-refractivity contribution is 0.102. The second-order valence-electron chi connectivity index (χ2n) is 5.96. The first kappa shape index (κ1) is 17.3. The molecule has 3 aromatic rings. The smallest absolute Gasteiger partial charge is 0.267 e. The Morgan fingerprint density at radius 1 is 1.32 bits per heavy atom. The fourth-order valence-electron chi connectivity index (χ4n) is 2.64. The first-order valence-corrected chi connectivity index (χ1v) is 9.06. The predicted octanol–water partition coefficient (Wildman–Crippen LogP) is 3.52. The second-order valence-corrected chi connectivity index (χ2v) is 6.96. The molecule has 0 saturated heterocycles. The molecule has 0 spiro atoms. The molecule has 1 N–H and O–H groups in total. The Labute approximate surface area is 149 Å². The average molecular weight is 356 g/mol. The van der Waals surface area contributed by atoms with E-state index in [2.05, 4.69) is 22.2 Å². The minimum absolute atomic E-state index is 0.0831. The number of aromatic nitrogens is 3. The number of pyridine rings is 1. The molecule has 0 aliphatic carbocycles. The highest BCUT2D eigenvalue weighted by Gasteiger charge is 2.20. The number of anilines is 1. The van der Waals surface area contributed by atoms with Gasteiger partial charge < -0.3 is 5.32 Å². The maximum Gasteiger partial charge on any atom is 0.267 e. The normalized spacial score (nSPS) is 11.0. The van der Waals surface area contributed by atoms with Crippen LogP contribution in [0, 0.1) is 13.8 Å². The van der Waals surface area contributed by atoms with Crippen LogP contribution in [0.15, 0.2) is 29.5 Å². The van der Waals surface area contributed by atoms with Crippen LogP contribution in [0.2, 0.25) is 0 Å². The van der Waals surface area contributed by atoms with Crippen molar-refractivity contribution in [3.8, 4) is 0 Å². The van der Waals surface area contributed by atoms with Crippen LogP contribution in [-0.4, -0.2) is 20.4 Å². The SMILES string of the molecule is CCCCn1cnc2sc(C(=O)Nc3ncccc3C)c(C)c2c1=O. The van der Waals surface area contributed by atoms with Gasteiger partial charge in [0.1, 0.15) is 10.6 Å². The predicted molar refractivity (Wildman–Crippen MR) is 100 cm³/mol. The van der Waals surface area contributed by atoms with E-state index in [0.717, 1.165) is 18.4 Å². The van der Waals surface area contributed by atoms with Gasteiger partial charge >= 0.3 is 0 Å². The zero-order valence-electron chi connectivity index (χ0n) is 14.5. The molecule has 0 aliphatic heterocycles. The molecular formula is C18H20N4O2S. The Hall–Kier alpha value is -2.54. The van der Waals surface area contributed by atoms with Gasteiger partial charge in [0.25, 0.3) is 11.5 Å². The zero-order chi connectivity index (χ0) is 18.0. The third kappa shape index (κ3) is 3.32. The fourth-order valence-corrected chi connectivity index (χ4v) is 3.68. The van der Waals surface area contributed by atoms with Crippen LogP contribution in [0.5, 0.6) is 0 Å². The molecule has 0 bridgehead atoms. The van der Waals surface area contributed by atoms with E-state index in [1.165, 1.54) is 11.3 Å². The maximum atomic E-state index is 12.7. The number of amides is 1. The average Bonchev–Trinajstić information content (AvgIpc) is 2.94. The van der Waals surface area contributed by atoms with E-state index >= 15 is 0 Å². The summed E-state index contributed by atoms with van der Waals surface area (Å²) in [6.45, 7) is 6.40. The quantitative estimate of drug-likeness (QED) is 0.759. The van der Waals surface area contributed by atoms with E-state index in [4.69, 9.17) is 0 Å². The molecule has 7 heteroatoms. The highest BCUT2D eigenvalue weighted by Crippen LogP contribution is 2.27. The molecule has 0 saturated carbocycles. The number of carbonyl (C=O) groups is 1.